The summed E-state index contributed by atoms with van der Waals surface area (Å²) in [7, 11) is 0. The van der Waals surface area contributed by atoms with Gasteiger partial charge in [-0.2, -0.15) is 0 Å². The molecular formula is C20H28N4O3. The van der Waals surface area contributed by atoms with Gasteiger partial charge in [0.1, 0.15) is 18.1 Å². The van der Waals surface area contributed by atoms with Crippen LogP contribution in [-0.4, -0.2) is 41.4 Å². The van der Waals surface area contributed by atoms with Crippen LogP contribution in [0, 0.1) is 5.41 Å². The van der Waals surface area contributed by atoms with Gasteiger partial charge in [-0.3, -0.25) is 0 Å². The summed E-state index contributed by atoms with van der Waals surface area (Å²) in [5, 5.41) is 12.8. The van der Waals surface area contributed by atoms with Crippen LogP contribution in [0.4, 0.5) is 5.95 Å². The molecule has 2 aromatic rings. The number of nitrogens with zero attached hydrogens (tertiary/aromatic N) is 3. The van der Waals surface area contributed by atoms with E-state index in [-0.39, 0.29) is 18.1 Å². The van der Waals surface area contributed by atoms with Gasteiger partial charge < -0.3 is 24.5 Å². The standard InChI is InChI=1S/C20H28N4O3/c1-20(2)9-17(21-11-14-3-4-15(13-25)27-14)16-12-22-19(23-18(16)10-20)24-5-7-26-8-6-24/h3-4,12,17,21,25H,5-11,13H2,1-2H3. The Morgan fingerprint density at radius 1 is 1.26 bits per heavy atom. The number of aliphatic hydroxyl groups is 1. The molecule has 0 aromatic carbocycles. The first kappa shape index (κ1) is 18.4. The number of rotatable bonds is 5. The van der Waals surface area contributed by atoms with Crippen molar-refractivity contribution < 1.29 is 14.3 Å². The molecule has 1 unspecified atom stereocenters. The minimum atomic E-state index is -0.0720. The summed E-state index contributed by atoms with van der Waals surface area (Å²) in [6, 6.07) is 3.91. The van der Waals surface area contributed by atoms with Gasteiger partial charge in [-0.1, -0.05) is 13.8 Å². The molecule has 4 rings (SSSR count). The van der Waals surface area contributed by atoms with Crippen LogP contribution in [0.15, 0.2) is 22.7 Å². The molecule has 1 aliphatic heterocycles. The fraction of sp³-hybridized carbons (Fsp3) is 0.600. The first-order valence-corrected chi connectivity index (χ1v) is 9.64. The van der Waals surface area contributed by atoms with Crippen LogP contribution in [-0.2, 0) is 24.3 Å². The molecule has 7 heteroatoms. The van der Waals surface area contributed by atoms with Crippen molar-refractivity contribution in [2.75, 3.05) is 31.2 Å². The Hall–Kier alpha value is -1.96. The highest BCUT2D eigenvalue weighted by Crippen LogP contribution is 2.40. The van der Waals surface area contributed by atoms with Gasteiger partial charge >= 0.3 is 0 Å². The summed E-state index contributed by atoms with van der Waals surface area (Å²) in [6.07, 6.45) is 3.96. The van der Waals surface area contributed by atoms with Crippen molar-refractivity contribution in [1.29, 1.82) is 0 Å². The third-order valence-corrected chi connectivity index (χ3v) is 5.36. The van der Waals surface area contributed by atoms with Gasteiger partial charge in [0.25, 0.3) is 0 Å². The quantitative estimate of drug-likeness (QED) is 0.832. The average molecular weight is 372 g/mol. The fourth-order valence-electron chi connectivity index (χ4n) is 3.96. The van der Waals surface area contributed by atoms with E-state index in [1.54, 1.807) is 0 Å². The van der Waals surface area contributed by atoms with Gasteiger partial charge in [-0.05, 0) is 30.4 Å². The second-order valence-electron chi connectivity index (χ2n) is 8.18. The van der Waals surface area contributed by atoms with E-state index in [9.17, 15) is 0 Å². The van der Waals surface area contributed by atoms with Crippen LogP contribution in [0.5, 0.6) is 0 Å². The smallest absolute Gasteiger partial charge is 0.225 e. The van der Waals surface area contributed by atoms with Crippen molar-refractivity contribution in [3.8, 4) is 0 Å². The Morgan fingerprint density at radius 3 is 2.78 bits per heavy atom. The van der Waals surface area contributed by atoms with E-state index in [1.807, 2.05) is 18.3 Å². The van der Waals surface area contributed by atoms with Gasteiger partial charge in [0.15, 0.2) is 0 Å². The minimum absolute atomic E-state index is 0.0720. The van der Waals surface area contributed by atoms with Gasteiger partial charge in [-0.15, -0.1) is 0 Å². The maximum atomic E-state index is 9.16. The number of nitrogens with one attached hydrogen (secondary N) is 1. The molecule has 1 fully saturated rings. The Morgan fingerprint density at radius 2 is 2.04 bits per heavy atom. The van der Waals surface area contributed by atoms with E-state index in [1.165, 1.54) is 5.56 Å². The number of fused-ring (bicyclic) bond motifs is 1. The maximum absolute atomic E-state index is 9.16. The number of ether oxygens (including phenoxy) is 1. The van der Waals surface area contributed by atoms with Crippen molar-refractivity contribution in [1.82, 2.24) is 15.3 Å². The van der Waals surface area contributed by atoms with Gasteiger partial charge in [0.05, 0.1) is 25.5 Å². The monoisotopic (exact) mass is 372 g/mol. The lowest BCUT2D eigenvalue weighted by atomic mass is 9.74. The van der Waals surface area contributed by atoms with Crippen LogP contribution in [0.25, 0.3) is 0 Å². The number of hydrogen-bond donors (Lipinski definition) is 2. The largest absolute Gasteiger partial charge is 0.462 e. The second kappa shape index (κ2) is 7.58. The molecule has 1 saturated heterocycles. The van der Waals surface area contributed by atoms with Crippen molar-refractivity contribution in [3.63, 3.8) is 0 Å². The van der Waals surface area contributed by atoms with Crippen LogP contribution < -0.4 is 10.2 Å². The summed E-state index contributed by atoms with van der Waals surface area (Å²) in [6.45, 7) is 8.27. The van der Waals surface area contributed by atoms with E-state index in [0.717, 1.165) is 56.5 Å². The first-order valence-electron chi connectivity index (χ1n) is 9.64. The summed E-state index contributed by atoms with van der Waals surface area (Å²) in [4.78, 5) is 11.8. The number of morpholine rings is 1. The van der Waals surface area contributed by atoms with Crippen LogP contribution in [0.3, 0.4) is 0 Å². The van der Waals surface area contributed by atoms with Crippen LogP contribution >= 0.6 is 0 Å². The first-order chi connectivity index (χ1) is 13.0. The molecular weight excluding hydrogens is 344 g/mol. The number of anilines is 1. The molecule has 0 spiro atoms. The highest BCUT2D eigenvalue weighted by atomic mass is 16.5. The van der Waals surface area contributed by atoms with E-state index in [0.29, 0.717) is 12.3 Å². The lowest BCUT2D eigenvalue weighted by Gasteiger charge is -2.37. The van der Waals surface area contributed by atoms with E-state index >= 15 is 0 Å². The van der Waals surface area contributed by atoms with Crippen molar-refractivity contribution in [2.24, 2.45) is 5.41 Å². The third-order valence-electron chi connectivity index (χ3n) is 5.36. The topological polar surface area (TPSA) is 83.7 Å². The lowest BCUT2D eigenvalue weighted by molar-refractivity contribution is 0.122. The molecule has 27 heavy (non-hydrogen) atoms. The van der Waals surface area contributed by atoms with Crippen LogP contribution in [0.2, 0.25) is 0 Å². The predicted octanol–water partition coefficient (Wildman–Crippen LogP) is 2.20. The Labute approximate surface area is 159 Å². The average Bonchev–Trinajstić information content (AvgIpc) is 3.13. The zero-order valence-electron chi connectivity index (χ0n) is 16.1. The van der Waals surface area contributed by atoms with Gasteiger partial charge in [-0.25, -0.2) is 9.97 Å². The third kappa shape index (κ3) is 4.15. The zero-order chi connectivity index (χ0) is 18.9. The summed E-state index contributed by atoms with van der Waals surface area (Å²) in [5.74, 6) is 2.23. The van der Waals surface area contributed by atoms with Crippen LogP contribution in [0.1, 0.15) is 49.1 Å². The van der Waals surface area contributed by atoms with Crippen molar-refractivity contribution in [2.45, 2.75) is 45.9 Å². The van der Waals surface area contributed by atoms with E-state index in [2.05, 4.69) is 29.0 Å². The lowest BCUT2D eigenvalue weighted by Crippen LogP contribution is -2.38. The van der Waals surface area contributed by atoms with E-state index < -0.39 is 0 Å². The number of aliphatic hydroxyl groups excluding tert-OH is 1. The molecule has 2 aliphatic rings. The molecule has 0 saturated carbocycles. The summed E-state index contributed by atoms with van der Waals surface area (Å²) < 4.78 is 11.0. The van der Waals surface area contributed by atoms with E-state index in [4.69, 9.17) is 19.2 Å². The van der Waals surface area contributed by atoms with Crippen molar-refractivity contribution >= 4 is 5.95 Å². The number of aromatic nitrogens is 2. The predicted molar refractivity (Wildman–Crippen MR) is 101 cm³/mol. The fourth-order valence-corrected chi connectivity index (χ4v) is 3.96. The molecule has 1 aliphatic carbocycles. The molecule has 0 amide bonds. The SMILES string of the molecule is CC1(C)Cc2nc(N3CCOCC3)ncc2C(NCc2ccc(CO)o2)C1. The highest BCUT2D eigenvalue weighted by molar-refractivity contribution is 5.36. The molecule has 146 valence electrons. The number of furan rings is 1. The Balaban J connectivity index is 1.53. The normalized spacial score (nSPS) is 21.9. The van der Waals surface area contributed by atoms with Crippen molar-refractivity contribution in [3.05, 3.63) is 41.1 Å². The summed E-state index contributed by atoms with van der Waals surface area (Å²) in [5.41, 5.74) is 2.48. The molecule has 0 bridgehead atoms. The highest BCUT2D eigenvalue weighted by Gasteiger charge is 2.34. The Bertz CT molecular complexity index is 783. The second-order valence-corrected chi connectivity index (χ2v) is 8.18. The Kier molecular flexibility index (Phi) is 5.16. The minimum Gasteiger partial charge on any atom is -0.462 e. The molecule has 1 atom stereocenters. The number of hydrogen-bond acceptors (Lipinski definition) is 7. The zero-order valence-corrected chi connectivity index (χ0v) is 16.1. The van der Waals surface area contributed by atoms with Gasteiger partial charge in [0, 0.05) is 30.9 Å². The molecule has 0 radical (unpaired) electrons. The molecule has 7 nitrogen and oxygen atoms in total. The molecule has 2 aromatic heterocycles. The molecule has 3 heterocycles. The molecule has 2 N–H and O–H groups in total. The maximum Gasteiger partial charge on any atom is 0.225 e. The summed E-state index contributed by atoms with van der Waals surface area (Å²) >= 11 is 0. The van der Waals surface area contributed by atoms with Gasteiger partial charge in [0.2, 0.25) is 5.95 Å².